The minimum atomic E-state index is -0.751. The summed E-state index contributed by atoms with van der Waals surface area (Å²) in [6, 6.07) is 12.5. The summed E-state index contributed by atoms with van der Waals surface area (Å²) in [5, 5.41) is 0. The Kier molecular flexibility index (Phi) is 3.82. The van der Waals surface area contributed by atoms with Crippen LogP contribution in [0.3, 0.4) is 0 Å². The van der Waals surface area contributed by atoms with E-state index in [-0.39, 0.29) is 11.3 Å². The van der Waals surface area contributed by atoms with Gasteiger partial charge in [-0.25, -0.2) is 9.59 Å². The topological polar surface area (TPSA) is 68.2 Å². The molecule has 180 valence electrons. The number of ether oxygens (including phenoxy) is 2. The standard InChI is InChI=1S/C30H26N2O4/c1-28(2)23-16(14-19-24(28)27(34)35-26(19)33)10-11-18-17(23)12-13-22-25(18)31-15-30(36-22)29(3,4)20-8-6-7-9-21(20)32(30)5/h6-15,23H,1-5H3. The van der Waals surface area contributed by atoms with Crippen molar-refractivity contribution in [1.82, 2.24) is 0 Å². The Hall–Kier alpha value is -3.93. The summed E-state index contributed by atoms with van der Waals surface area (Å²) in [4.78, 5) is 32.1. The van der Waals surface area contributed by atoms with Crippen LogP contribution < -0.4 is 9.64 Å². The highest BCUT2D eigenvalue weighted by atomic mass is 16.6. The lowest BCUT2D eigenvalue weighted by molar-refractivity contribution is -0.151. The molecule has 36 heavy (non-hydrogen) atoms. The number of aliphatic imine (C=N–C) groups is 1. The van der Waals surface area contributed by atoms with E-state index in [1.54, 1.807) is 6.08 Å². The molecule has 5 aliphatic rings. The van der Waals surface area contributed by atoms with E-state index >= 15 is 0 Å². The number of nitrogens with zero attached hydrogens (tertiary/aromatic N) is 2. The molecular weight excluding hydrogens is 452 g/mol. The molecule has 1 spiro atoms. The Morgan fingerprint density at radius 3 is 2.53 bits per heavy atom. The average molecular weight is 479 g/mol. The van der Waals surface area contributed by atoms with Gasteiger partial charge in [-0.15, -0.1) is 0 Å². The molecule has 0 radical (unpaired) electrons. The second-order valence-corrected chi connectivity index (χ2v) is 11.3. The van der Waals surface area contributed by atoms with Gasteiger partial charge >= 0.3 is 11.9 Å². The number of carbonyl (C=O) groups excluding carboxylic acids is 2. The molecule has 0 saturated carbocycles. The van der Waals surface area contributed by atoms with Crippen LogP contribution in [-0.2, 0) is 19.7 Å². The molecule has 3 aliphatic heterocycles. The van der Waals surface area contributed by atoms with Crippen LogP contribution in [0.25, 0.3) is 6.08 Å². The maximum Gasteiger partial charge on any atom is 0.346 e. The molecule has 0 amide bonds. The van der Waals surface area contributed by atoms with Crippen molar-refractivity contribution in [3.63, 3.8) is 0 Å². The number of cyclic esters (lactones) is 2. The fourth-order valence-corrected chi connectivity index (χ4v) is 6.97. The summed E-state index contributed by atoms with van der Waals surface area (Å²) in [5.74, 6) is -0.490. The molecule has 6 nitrogen and oxygen atoms in total. The number of para-hydroxylation sites is 1. The van der Waals surface area contributed by atoms with Crippen molar-refractivity contribution in [3.8, 4) is 5.75 Å². The molecule has 2 aliphatic carbocycles. The van der Waals surface area contributed by atoms with Crippen molar-refractivity contribution < 1.29 is 19.1 Å². The first kappa shape index (κ1) is 21.4. The van der Waals surface area contributed by atoms with Crippen LogP contribution in [0.2, 0.25) is 0 Å². The van der Waals surface area contributed by atoms with Gasteiger partial charge in [0, 0.05) is 29.6 Å². The van der Waals surface area contributed by atoms with Gasteiger partial charge in [0.15, 0.2) is 0 Å². The summed E-state index contributed by atoms with van der Waals surface area (Å²) >= 11 is 0. The third kappa shape index (κ3) is 2.30. The number of anilines is 1. The van der Waals surface area contributed by atoms with Gasteiger partial charge in [-0.1, -0.05) is 50.3 Å². The van der Waals surface area contributed by atoms with E-state index < -0.39 is 23.1 Å². The van der Waals surface area contributed by atoms with Crippen molar-refractivity contribution in [2.45, 2.75) is 44.8 Å². The molecule has 2 aromatic rings. The number of allylic oxidation sites excluding steroid dienone is 2. The SMILES string of the molecule is CN1c2ccccc2C(C)(C)C12C=Nc1c(ccc3c1C=CC1=CC4=C(C(=O)OC4=O)C(C)(C)C13)O2. The largest absolute Gasteiger partial charge is 0.459 e. The van der Waals surface area contributed by atoms with Gasteiger partial charge in [0.1, 0.15) is 11.4 Å². The van der Waals surface area contributed by atoms with Crippen LogP contribution in [0.15, 0.2) is 70.3 Å². The Morgan fingerprint density at radius 2 is 1.75 bits per heavy atom. The Balaban J connectivity index is 1.35. The van der Waals surface area contributed by atoms with Gasteiger partial charge in [-0.05, 0) is 48.8 Å². The molecule has 3 heterocycles. The number of hydrogen-bond acceptors (Lipinski definition) is 6. The molecule has 0 bridgehead atoms. The second-order valence-electron chi connectivity index (χ2n) is 11.3. The number of esters is 2. The fourth-order valence-electron chi connectivity index (χ4n) is 6.97. The first-order valence-corrected chi connectivity index (χ1v) is 12.2. The Morgan fingerprint density at radius 1 is 0.972 bits per heavy atom. The number of likely N-dealkylation sites (N-methyl/N-ethyl adjacent to an activating group) is 1. The minimum Gasteiger partial charge on any atom is -0.459 e. The maximum atomic E-state index is 12.6. The maximum absolute atomic E-state index is 12.6. The summed E-state index contributed by atoms with van der Waals surface area (Å²) < 4.78 is 11.8. The third-order valence-electron chi connectivity index (χ3n) is 8.82. The zero-order chi connectivity index (χ0) is 25.2. The first-order valence-electron chi connectivity index (χ1n) is 12.2. The van der Waals surface area contributed by atoms with Gasteiger partial charge in [-0.3, -0.25) is 4.99 Å². The highest BCUT2D eigenvalue weighted by Crippen LogP contribution is 2.58. The average Bonchev–Trinajstić information content (AvgIpc) is 3.22. The molecule has 2 unspecified atom stereocenters. The van der Waals surface area contributed by atoms with Crippen molar-refractivity contribution in [2.75, 3.05) is 11.9 Å². The molecule has 0 aromatic heterocycles. The van der Waals surface area contributed by atoms with Gasteiger partial charge < -0.3 is 14.4 Å². The normalized spacial score (nSPS) is 27.6. The molecule has 0 saturated heterocycles. The van der Waals surface area contributed by atoms with Crippen LogP contribution in [0.1, 0.15) is 50.3 Å². The van der Waals surface area contributed by atoms with Crippen molar-refractivity contribution in [2.24, 2.45) is 10.4 Å². The first-order chi connectivity index (χ1) is 17.1. The number of benzene rings is 2. The molecule has 2 aromatic carbocycles. The van der Waals surface area contributed by atoms with E-state index in [1.165, 1.54) is 5.56 Å². The van der Waals surface area contributed by atoms with E-state index in [0.29, 0.717) is 11.1 Å². The van der Waals surface area contributed by atoms with Crippen LogP contribution in [0, 0.1) is 5.41 Å². The van der Waals surface area contributed by atoms with E-state index in [0.717, 1.165) is 33.8 Å². The van der Waals surface area contributed by atoms with E-state index in [4.69, 9.17) is 14.5 Å². The van der Waals surface area contributed by atoms with E-state index in [2.05, 4.69) is 50.1 Å². The van der Waals surface area contributed by atoms with Crippen LogP contribution in [-0.4, -0.2) is 30.9 Å². The monoisotopic (exact) mass is 478 g/mol. The molecular formula is C30H26N2O4. The molecule has 6 heteroatoms. The fraction of sp³-hybridized carbons (Fsp3) is 0.300. The second kappa shape index (κ2) is 6.44. The number of hydrogen-bond donors (Lipinski definition) is 0. The van der Waals surface area contributed by atoms with Crippen LogP contribution >= 0.6 is 0 Å². The highest BCUT2D eigenvalue weighted by Gasteiger charge is 2.59. The van der Waals surface area contributed by atoms with E-state index in [1.807, 2.05) is 44.3 Å². The van der Waals surface area contributed by atoms with Crippen molar-refractivity contribution >= 4 is 35.6 Å². The number of fused-ring (bicyclic) bond motifs is 6. The predicted molar refractivity (Wildman–Crippen MR) is 138 cm³/mol. The lowest BCUT2D eigenvalue weighted by Gasteiger charge is -2.46. The van der Waals surface area contributed by atoms with Crippen molar-refractivity contribution in [3.05, 3.63) is 82.0 Å². The number of rotatable bonds is 0. The smallest absolute Gasteiger partial charge is 0.346 e. The molecule has 7 rings (SSSR count). The Bertz CT molecular complexity index is 1550. The summed E-state index contributed by atoms with van der Waals surface area (Å²) in [6.45, 7) is 8.40. The molecule has 2 atom stereocenters. The zero-order valence-corrected chi connectivity index (χ0v) is 20.9. The minimum absolute atomic E-state index is 0.110. The summed E-state index contributed by atoms with van der Waals surface area (Å²) in [6.07, 6.45) is 7.81. The van der Waals surface area contributed by atoms with Crippen LogP contribution in [0.5, 0.6) is 5.75 Å². The zero-order valence-electron chi connectivity index (χ0n) is 20.9. The van der Waals surface area contributed by atoms with Crippen molar-refractivity contribution in [1.29, 1.82) is 0 Å². The quantitative estimate of drug-likeness (QED) is 0.377. The van der Waals surface area contributed by atoms with Gasteiger partial charge in [0.2, 0.25) is 5.72 Å². The number of carbonyl (C=O) groups is 2. The Labute approximate surface area is 209 Å². The van der Waals surface area contributed by atoms with Gasteiger partial charge in [0.25, 0.3) is 0 Å². The molecule has 0 N–H and O–H groups in total. The van der Waals surface area contributed by atoms with Gasteiger partial charge in [-0.2, -0.15) is 0 Å². The van der Waals surface area contributed by atoms with Crippen LogP contribution in [0.4, 0.5) is 11.4 Å². The molecule has 0 fully saturated rings. The summed E-state index contributed by atoms with van der Waals surface area (Å²) in [5.41, 5.74) is 5.30. The highest BCUT2D eigenvalue weighted by molar-refractivity contribution is 6.15. The summed E-state index contributed by atoms with van der Waals surface area (Å²) in [7, 11) is 2.05. The third-order valence-corrected chi connectivity index (χ3v) is 8.82. The predicted octanol–water partition coefficient (Wildman–Crippen LogP) is 5.36. The van der Waals surface area contributed by atoms with Gasteiger partial charge in [0.05, 0.1) is 22.8 Å². The lowest BCUT2D eigenvalue weighted by atomic mass is 9.61. The lowest BCUT2D eigenvalue weighted by Crippen LogP contribution is -2.61. The van der Waals surface area contributed by atoms with E-state index in [9.17, 15) is 9.59 Å².